The molecule has 7 heteroatoms. The predicted molar refractivity (Wildman–Crippen MR) is 163 cm³/mol. The Hall–Kier alpha value is -3.53. The zero-order chi connectivity index (χ0) is 31.3. The second-order valence-corrected chi connectivity index (χ2v) is 9.07. The Labute approximate surface area is 240 Å². The number of hydrogen-bond donors (Lipinski definition) is 1. The molecule has 0 aliphatic carbocycles. The van der Waals surface area contributed by atoms with E-state index in [4.69, 9.17) is 5.73 Å². The Morgan fingerprint density at radius 2 is 1.73 bits per heavy atom. The van der Waals surface area contributed by atoms with Crippen LogP contribution in [0.3, 0.4) is 0 Å². The van der Waals surface area contributed by atoms with E-state index in [9.17, 15) is 18.0 Å². The van der Waals surface area contributed by atoms with Gasteiger partial charge in [-0.2, -0.15) is 0 Å². The molecule has 1 aromatic carbocycles. The van der Waals surface area contributed by atoms with E-state index in [1.165, 1.54) is 30.7 Å². The first-order valence-corrected chi connectivity index (χ1v) is 13.4. The fourth-order valence-electron chi connectivity index (χ4n) is 3.13. The van der Waals surface area contributed by atoms with Crippen molar-refractivity contribution >= 4 is 11.5 Å². The fraction of sp³-hybridized carbons (Fsp3) is 0.455. The summed E-state index contributed by atoms with van der Waals surface area (Å²) in [5, 5.41) is 0. The summed E-state index contributed by atoms with van der Waals surface area (Å²) in [5.41, 5.74) is 12.1. The number of unbranched alkanes of at least 4 members (excludes halogenated alkanes) is 1. The summed E-state index contributed by atoms with van der Waals surface area (Å²) >= 11 is 0. The van der Waals surface area contributed by atoms with Gasteiger partial charge in [-0.05, 0) is 70.2 Å². The maximum atomic E-state index is 11.6. The molecule has 0 bridgehead atoms. The summed E-state index contributed by atoms with van der Waals surface area (Å²) in [4.78, 5) is 14.3. The summed E-state index contributed by atoms with van der Waals surface area (Å²) in [6.07, 6.45) is 3.73. The van der Waals surface area contributed by atoms with Gasteiger partial charge < -0.3 is 10.5 Å². The van der Waals surface area contributed by atoms with Crippen molar-refractivity contribution in [2.45, 2.75) is 86.9 Å². The number of benzene rings is 1. The van der Waals surface area contributed by atoms with Crippen LogP contribution >= 0.6 is 0 Å². The highest BCUT2D eigenvalue weighted by Gasteiger charge is 2.30. The quantitative estimate of drug-likeness (QED) is 0.134. The number of nitrogens with two attached hydrogens (primary N) is 1. The first kappa shape index (κ1) is 38.6. The first-order chi connectivity index (χ1) is 18.7. The highest BCUT2D eigenvalue weighted by atomic mass is 19.4. The summed E-state index contributed by atoms with van der Waals surface area (Å²) in [6.45, 7) is 21.3. The van der Waals surface area contributed by atoms with Crippen molar-refractivity contribution in [2.24, 2.45) is 16.6 Å². The molecule has 4 nitrogen and oxygen atoms in total. The molecule has 1 unspecified atom stereocenters. The predicted octanol–water partition coefficient (Wildman–Crippen LogP) is 9.08. The number of ether oxygens (including phenoxy) is 1. The molecule has 0 spiro atoms. The third-order valence-electron chi connectivity index (χ3n) is 5.72. The lowest BCUT2D eigenvalue weighted by Crippen LogP contribution is -2.16. The molecule has 40 heavy (non-hydrogen) atoms. The smallest absolute Gasteiger partial charge is 0.406 e. The van der Waals surface area contributed by atoms with Gasteiger partial charge in [0, 0.05) is 36.0 Å². The molecular formula is C33H47F3N2O2. The number of aryl methyl sites for hydroxylation is 1. The van der Waals surface area contributed by atoms with Gasteiger partial charge in [0.2, 0.25) is 0 Å². The van der Waals surface area contributed by atoms with E-state index in [1.54, 1.807) is 19.1 Å². The van der Waals surface area contributed by atoms with Crippen LogP contribution in [0.25, 0.3) is 0 Å². The van der Waals surface area contributed by atoms with Gasteiger partial charge in [0.15, 0.2) is 5.78 Å². The van der Waals surface area contributed by atoms with Crippen molar-refractivity contribution in [3.05, 3.63) is 77.6 Å². The van der Waals surface area contributed by atoms with Crippen molar-refractivity contribution in [3.8, 4) is 17.6 Å². The molecule has 1 atom stereocenters. The van der Waals surface area contributed by atoms with E-state index in [2.05, 4.69) is 62.4 Å². The van der Waals surface area contributed by atoms with Crippen LogP contribution in [-0.2, 0) is 4.79 Å². The van der Waals surface area contributed by atoms with Crippen LogP contribution in [-0.4, -0.2) is 24.9 Å². The number of halogens is 3. The standard InChI is InChI=1S/C21H34N2.C8H7F3O.C4H6O/c1-8-11-13-14-19(18(6)22)21(17(5)16(4)10-3)20(23-7)15-12-9-2;1-6-2-4-7(5-3-6)12-8(9,10)11;1-3-4(2)5/h14,16H,6,8-10,12,15,22H2,1-5,7H3;2-5H,1H3;3H,1H2,2H3/b19-14-,21-17-,23-20?;;. The van der Waals surface area contributed by atoms with Crippen molar-refractivity contribution in [1.82, 2.24) is 0 Å². The second kappa shape index (κ2) is 21.3. The highest BCUT2D eigenvalue weighted by Crippen LogP contribution is 2.28. The Morgan fingerprint density at radius 3 is 2.10 bits per heavy atom. The van der Waals surface area contributed by atoms with E-state index in [1.807, 2.05) is 20.0 Å². The average molecular weight is 561 g/mol. The SMILES string of the molecule is C=C(N)C(=C/C#CCC)/C(C(CCCC)=NC)=C(\C)C(C)CC.C=CC(C)=O.Cc1ccc(OC(F)(F)F)cc1. The number of nitrogens with zero attached hydrogens (tertiary/aromatic N) is 1. The Bertz CT molecular complexity index is 1080. The van der Waals surface area contributed by atoms with Crippen LogP contribution in [0.15, 0.2) is 77.0 Å². The second-order valence-electron chi connectivity index (χ2n) is 9.07. The van der Waals surface area contributed by atoms with Crippen molar-refractivity contribution in [1.29, 1.82) is 0 Å². The van der Waals surface area contributed by atoms with Crippen LogP contribution in [0.4, 0.5) is 13.2 Å². The van der Waals surface area contributed by atoms with E-state index in [-0.39, 0.29) is 11.5 Å². The lowest BCUT2D eigenvalue weighted by Gasteiger charge is -2.21. The van der Waals surface area contributed by atoms with Crippen molar-refractivity contribution in [3.63, 3.8) is 0 Å². The molecule has 0 saturated carbocycles. The van der Waals surface area contributed by atoms with Gasteiger partial charge in [0.05, 0.1) is 0 Å². The highest BCUT2D eigenvalue weighted by molar-refractivity contribution is 6.05. The van der Waals surface area contributed by atoms with Crippen LogP contribution in [0, 0.1) is 24.7 Å². The molecule has 0 aliphatic rings. The van der Waals surface area contributed by atoms with Gasteiger partial charge in [-0.15, -0.1) is 13.2 Å². The zero-order valence-corrected chi connectivity index (χ0v) is 25.5. The lowest BCUT2D eigenvalue weighted by atomic mass is 9.85. The van der Waals surface area contributed by atoms with Gasteiger partial charge in [0.1, 0.15) is 5.75 Å². The minimum absolute atomic E-state index is 0.0185. The van der Waals surface area contributed by atoms with Crippen LogP contribution < -0.4 is 10.5 Å². The van der Waals surface area contributed by atoms with E-state index < -0.39 is 6.36 Å². The Kier molecular flexibility index (Phi) is 20.6. The number of carbonyl (C=O) groups excluding carboxylic acids is 1. The molecule has 0 amide bonds. The van der Waals surface area contributed by atoms with Crippen molar-refractivity contribution < 1.29 is 22.7 Å². The Balaban J connectivity index is 0. The number of aliphatic imine (C=N–C) groups is 1. The third-order valence-corrected chi connectivity index (χ3v) is 5.72. The van der Waals surface area contributed by atoms with Gasteiger partial charge in [-0.25, -0.2) is 0 Å². The minimum atomic E-state index is -4.60. The molecule has 0 fully saturated rings. The largest absolute Gasteiger partial charge is 0.573 e. The van der Waals surface area contributed by atoms with Gasteiger partial charge in [0.25, 0.3) is 0 Å². The van der Waals surface area contributed by atoms with E-state index >= 15 is 0 Å². The van der Waals surface area contributed by atoms with Gasteiger partial charge >= 0.3 is 6.36 Å². The number of carbonyl (C=O) groups is 1. The van der Waals surface area contributed by atoms with Gasteiger partial charge in [-0.1, -0.05) is 82.4 Å². The molecule has 0 aromatic heterocycles. The summed E-state index contributed by atoms with van der Waals surface area (Å²) in [7, 11) is 1.86. The van der Waals surface area contributed by atoms with Crippen LogP contribution in [0.1, 0.15) is 79.2 Å². The summed E-state index contributed by atoms with van der Waals surface area (Å²) in [5.74, 6) is 6.50. The number of rotatable bonds is 10. The van der Waals surface area contributed by atoms with Crippen molar-refractivity contribution in [2.75, 3.05) is 7.05 Å². The lowest BCUT2D eigenvalue weighted by molar-refractivity contribution is -0.274. The molecule has 222 valence electrons. The van der Waals surface area contributed by atoms with E-state index in [0.29, 0.717) is 11.6 Å². The number of alkyl halides is 3. The number of ketones is 1. The van der Waals surface area contributed by atoms with Crippen LogP contribution in [0.5, 0.6) is 5.75 Å². The molecule has 0 saturated heterocycles. The van der Waals surface area contributed by atoms with Crippen LogP contribution in [0.2, 0.25) is 0 Å². The number of allylic oxidation sites excluding steroid dienone is 4. The average Bonchev–Trinajstić information content (AvgIpc) is 2.90. The zero-order valence-electron chi connectivity index (χ0n) is 25.5. The topological polar surface area (TPSA) is 64.7 Å². The maximum absolute atomic E-state index is 11.6. The molecule has 0 radical (unpaired) electrons. The summed E-state index contributed by atoms with van der Waals surface area (Å²) in [6, 6.07) is 5.67. The molecular weight excluding hydrogens is 513 g/mol. The normalized spacial score (nSPS) is 12.7. The van der Waals surface area contributed by atoms with E-state index in [0.717, 1.165) is 54.5 Å². The third kappa shape index (κ3) is 17.9. The Morgan fingerprint density at radius 1 is 1.18 bits per heavy atom. The number of hydrogen-bond acceptors (Lipinski definition) is 4. The molecule has 1 rings (SSSR count). The molecule has 0 heterocycles. The summed E-state index contributed by atoms with van der Waals surface area (Å²) < 4.78 is 38.5. The fourth-order valence-corrected chi connectivity index (χ4v) is 3.13. The first-order valence-electron chi connectivity index (χ1n) is 13.4. The van der Waals surface area contributed by atoms with Gasteiger partial charge in [-0.3, -0.25) is 9.79 Å². The maximum Gasteiger partial charge on any atom is 0.573 e. The molecule has 0 aliphatic heterocycles. The molecule has 1 aromatic rings. The monoisotopic (exact) mass is 560 g/mol. The minimum Gasteiger partial charge on any atom is -0.406 e. The molecule has 2 N–H and O–H groups in total.